The summed E-state index contributed by atoms with van der Waals surface area (Å²) in [6.07, 6.45) is 11.5. The lowest BCUT2D eigenvalue weighted by Gasteiger charge is -2.38. The fraction of sp³-hybridized carbons (Fsp3) is 0.438. The van der Waals surface area contributed by atoms with E-state index in [0.29, 0.717) is 40.1 Å². The summed E-state index contributed by atoms with van der Waals surface area (Å²) in [4.78, 5) is 23.0. The molecule has 2 saturated heterocycles. The summed E-state index contributed by atoms with van der Waals surface area (Å²) in [5.74, 6) is 1.27. The molecule has 2 aliphatic rings. The van der Waals surface area contributed by atoms with Gasteiger partial charge in [-0.3, -0.25) is 14.3 Å². The Hall–Kier alpha value is -3.94. The third-order valence-corrected chi connectivity index (χ3v) is 10.4. The summed E-state index contributed by atoms with van der Waals surface area (Å²) in [5, 5.41) is 6.77. The number of sulfonamides is 1. The van der Waals surface area contributed by atoms with Gasteiger partial charge >= 0.3 is 0 Å². The molecule has 2 aromatic carbocycles. The minimum atomic E-state index is -3.63. The number of methoxy groups -OCH3 is 1. The molecule has 0 radical (unpaired) electrons. The van der Waals surface area contributed by atoms with Crippen LogP contribution in [0, 0.1) is 0 Å². The van der Waals surface area contributed by atoms with Gasteiger partial charge in [-0.15, -0.1) is 0 Å². The van der Waals surface area contributed by atoms with Crippen molar-refractivity contribution >= 4 is 67.2 Å². The smallest absolute Gasteiger partial charge is 0.232 e. The summed E-state index contributed by atoms with van der Waals surface area (Å²) in [6, 6.07) is 8.37. The summed E-state index contributed by atoms with van der Waals surface area (Å²) in [5.41, 5.74) is 4.88. The Bertz CT molecular complexity index is 1830. The van der Waals surface area contributed by atoms with Crippen LogP contribution in [0.4, 0.5) is 34.5 Å². The van der Waals surface area contributed by atoms with Crippen LogP contribution in [-0.4, -0.2) is 85.9 Å². The van der Waals surface area contributed by atoms with Crippen LogP contribution in [0.3, 0.4) is 0 Å². The molecule has 46 heavy (non-hydrogen) atoms. The highest BCUT2D eigenvalue weighted by molar-refractivity contribution is 7.92. The van der Waals surface area contributed by atoms with Gasteiger partial charge in [0.15, 0.2) is 5.82 Å². The van der Waals surface area contributed by atoms with Crippen LogP contribution < -0.4 is 24.6 Å². The van der Waals surface area contributed by atoms with Gasteiger partial charge in [-0.25, -0.2) is 13.4 Å². The highest BCUT2D eigenvalue weighted by Crippen LogP contribution is 2.39. The largest absolute Gasteiger partial charge is 0.494 e. The predicted octanol–water partition coefficient (Wildman–Crippen LogP) is 5.59. The maximum absolute atomic E-state index is 12.6. The van der Waals surface area contributed by atoms with E-state index in [2.05, 4.69) is 59.4 Å². The molecule has 4 aromatic rings. The Morgan fingerprint density at radius 2 is 1.76 bits per heavy atom. The predicted molar refractivity (Wildman–Crippen MR) is 185 cm³/mol. The molecular weight excluding hydrogens is 626 g/mol. The third kappa shape index (κ3) is 6.62. The molecule has 0 atom stereocenters. The first-order chi connectivity index (χ1) is 22.2. The second-order valence-electron chi connectivity index (χ2n) is 11.8. The number of anilines is 6. The highest BCUT2D eigenvalue weighted by Gasteiger charge is 2.28. The normalized spacial score (nSPS) is 16.2. The zero-order chi connectivity index (χ0) is 32.4. The van der Waals surface area contributed by atoms with Crippen LogP contribution in [0.2, 0.25) is 5.02 Å². The van der Waals surface area contributed by atoms with Gasteiger partial charge in [-0.05, 0) is 69.0 Å². The number of nitrogens with zero attached hydrogens (tertiary/aromatic N) is 7. The number of rotatable bonds is 10. The number of benzene rings is 2. The van der Waals surface area contributed by atoms with Crippen molar-refractivity contribution in [2.45, 2.75) is 45.1 Å². The lowest BCUT2D eigenvalue weighted by molar-refractivity contribution is 0.208. The molecule has 0 amide bonds. The van der Waals surface area contributed by atoms with Crippen molar-refractivity contribution in [2.75, 3.05) is 66.4 Å². The lowest BCUT2D eigenvalue weighted by Crippen LogP contribution is -2.44. The number of aromatic nitrogens is 4. The van der Waals surface area contributed by atoms with Gasteiger partial charge < -0.3 is 25.2 Å². The summed E-state index contributed by atoms with van der Waals surface area (Å²) < 4.78 is 32.2. The molecule has 0 spiro atoms. The van der Waals surface area contributed by atoms with Gasteiger partial charge in [0, 0.05) is 50.3 Å². The summed E-state index contributed by atoms with van der Waals surface area (Å²) >= 11 is 6.55. The molecule has 2 aliphatic heterocycles. The SMILES string of the molecule is CCc1cc(Nc2ncc(Cl)c(Nc3ccc4nccnc4c3N(C)S(C)(=O)=O)n2)c(OC)cc1N1CCC(N2CCCC2)CC1. The second kappa shape index (κ2) is 13.4. The number of nitrogens with one attached hydrogen (secondary N) is 2. The molecule has 2 fully saturated rings. The van der Waals surface area contributed by atoms with E-state index >= 15 is 0 Å². The highest BCUT2D eigenvalue weighted by atomic mass is 35.5. The van der Waals surface area contributed by atoms with Crippen LogP contribution in [0.5, 0.6) is 5.75 Å². The Morgan fingerprint density at radius 1 is 1.02 bits per heavy atom. The van der Waals surface area contributed by atoms with Crippen LogP contribution in [0.25, 0.3) is 11.0 Å². The monoisotopic (exact) mass is 665 g/mol. The number of hydrogen-bond acceptors (Lipinski definition) is 11. The zero-order valence-electron chi connectivity index (χ0n) is 26.6. The Kier molecular flexibility index (Phi) is 9.34. The second-order valence-corrected chi connectivity index (χ2v) is 14.2. The van der Waals surface area contributed by atoms with Crippen molar-refractivity contribution in [3.8, 4) is 5.75 Å². The number of likely N-dealkylation sites (tertiary alicyclic amines) is 1. The van der Waals surface area contributed by atoms with E-state index in [4.69, 9.17) is 16.3 Å². The van der Waals surface area contributed by atoms with Gasteiger partial charge in [-0.2, -0.15) is 4.98 Å². The number of ether oxygens (including phenoxy) is 1. The van der Waals surface area contributed by atoms with Gasteiger partial charge in [0.2, 0.25) is 16.0 Å². The van der Waals surface area contributed by atoms with Crippen molar-refractivity contribution in [3.05, 3.63) is 53.4 Å². The number of fused-ring (bicyclic) bond motifs is 1. The number of halogens is 1. The molecule has 6 rings (SSSR count). The molecule has 0 bridgehead atoms. The van der Waals surface area contributed by atoms with E-state index in [1.807, 2.05) is 0 Å². The lowest BCUT2D eigenvalue weighted by atomic mass is 10.0. The minimum Gasteiger partial charge on any atom is -0.494 e. The molecule has 12 nitrogen and oxygen atoms in total. The fourth-order valence-corrected chi connectivity index (χ4v) is 7.06. The number of hydrogen-bond donors (Lipinski definition) is 2. The molecule has 2 N–H and O–H groups in total. The molecule has 4 heterocycles. The van der Waals surface area contributed by atoms with Crippen LogP contribution >= 0.6 is 11.6 Å². The maximum atomic E-state index is 12.6. The molecule has 0 aliphatic carbocycles. The standard InChI is InChI=1S/C32H40ClN9O3S/c1-5-21-18-26(28(45-3)19-27(21)42-16-10-22(11-17-42)41-14-6-7-15-41)38-32-36-20-23(33)31(39-32)37-25-9-8-24-29(35-13-12-34-24)30(25)40(2)46(4,43)44/h8-9,12-13,18-20,22H,5-7,10-11,14-17H2,1-4H3,(H2,36,37,38,39). The van der Waals surface area contributed by atoms with E-state index in [1.165, 1.54) is 69.5 Å². The van der Waals surface area contributed by atoms with Crippen molar-refractivity contribution in [1.82, 2.24) is 24.8 Å². The summed E-state index contributed by atoms with van der Waals surface area (Å²) in [7, 11) is -0.498. The quantitative estimate of drug-likeness (QED) is 0.220. The van der Waals surface area contributed by atoms with E-state index in [0.717, 1.165) is 35.8 Å². The van der Waals surface area contributed by atoms with Crippen molar-refractivity contribution in [3.63, 3.8) is 0 Å². The van der Waals surface area contributed by atoms with Crippen molar-refractivity contribution in [1.29, 1.82) is 0 Å². The third-order valence-electron chi connectivity index (χ3n) is 8.91. The van der Waals surface area contributed by atoms with Gasteiger partial charge in [0.1, 0.15) is 22.0 Å². The minimum absolute atomic E-state index is 0.256. The van der Waals surface area contributed by atoms with E-state index < -0.39 is 10.0 Å². The Morgan fingerprint density at radius 3 is 2.46 bits per heavy atom. The van der Waals surface area contributed by atoms with Gasteiger partial charge in [0.05, 0.1) is 36.5 Å². The number of piperidine rings is 1. The molecule has 244 valence electrons. The molecule has 14 heteroatoms. The van der Waals surface area contributed by atoms with Gasteiger partial charge in [-0.1, -0.05) is 18.5 Å². The van der Waals surface area contributed by atoms with E-state index in [1.54, 1.807) is 25.4 Å². The molecule has 0 unspecified atom stereocenters. The van der Waals surface area contributed by atoms with E-state index in [-0.39, 0.29) is 10.8 Å². The van der Waals surface area contributed by atoms with Crippen molar-refractivity contribution in [2.24, 2.45) is 0 Å². The maximum Gasteiger partial charge on any atom is 0.232 e. The topological polar surface area (TPSA) is 129 Å². The Balaban J connectivity index is 1.27. The number of aryl methyl sites for hydroxylation is 1. The molecule has 0 saturated carbocycles. The van der Waals surface area contributed by atoms with Crippen LogP contribution in [-0.2, 0) is 16.4 Å². The first kappa shape index (κ1) is 32.0. The fourth-order valence-electron chi connectivity index (χ4n) is 6.41. The van der Waals surface area contributed by atoms with Crippen LogP contribution in [0.1, 0.15) is 38.2 Å². The van der Waals surface area contributed by atoms with E-state index in [9.17, 15) is 8.42 Å². The first-order valence-electron chi connectivity index (χ1n) is 15.6. The average Bonchev–Trinajstić information content (AvgIpc) is 3.61. The molecule has 2 aromatic heterocycles. The molecular formula is C32H40ClN9O3S. The van der Waals surface area contributed by atoms with Gasteiger partial charge in [0.25, 0.3) is 0 Å². The zero-order valence-corrected chi connectivity index (χ0v) is 28.2. The summed E-state index contributed by atoms with van der Waals surface area (Å²) in [6.45, 7) is 6.68. The first-order valence-corrected chi connectivity index (χ1v) is 17.8. The average molecular weight is 666 g/mol. The van der Waals surface area contributed by atoms with Crippen molar-refractivity contribution < 1.29 is 13.2 Å². The van der Waals surface area contributed by atoms with Crippen LogP contribution in [0.15, 0.2) is 42.9 Å². The Labute approximate surface area is 275 Å².